The summed E-state index contributed by atoms with van der Waals surface area (Å²) in [5.74, 6) is 1.50. The van der Waals surface area contributed by atoms with Crippen LogP contribution in [0.3, 0.4) is 0 Å². The van der Waals surface area contributed by atoms with E-state index in [1.807, 2.05) is 35.2 Å². The summed E-state index contributed by atoms with van der Waals surface area (Å²) in [4.78, 5) is 31.3. The highest BCUT2D eigenvalue weighted by atomic mass is 19.1. The number of halogens is 1. The van der Waals surface area contributed by atoms with Gasteiger partial charge in [0.15, 0.2) is 0 Å². The van der Waals surface area contributed by atoms with E-state index in [-0.39, 0.29) is 29.6 Å². The van der Waals surface area contributed by atoms with Crippen LogP contribution in [0.15, 0.2) is 67.0 Å². The highest BCUT2D eigenvalue weighted by Crippen LogP contribution is 2.48. The van der Waals surface area contributed by atoms with Crippen LogP contribution in [0, 0.1) is 23.6 Å². The Bertz CT molecular complexity index is 2010. The summed E-state index contributed by atoms with van der Waals surface area (Å²) < 4.78 is 23.8. The first-order chi connectivity index (χ1) is 26.4. The number of nitrogens with zero attached hydrogens (tertiary/aromatic N) is 4. The number of nitrogens with one attached hydrogen (secondary N) is 1. The first kappa shape index (κ1) is 35.3. The third-order valence-electron chi connectivity index (χ3n) is 13.3. The molecule has 2 N–H and O–H groups in total. The van der Waals surface area contributed by atoms with Crippen LogP contribution in [-0.2, 0) is 20.7 Å². The minimum atomic E-state index is -0.341. The van der Waals surface area contributed by atoms with Crippen LogP contribution in [0.4, 0.5) is 15.8 Å². The molecule has 9 rings (SSSR count). The highest BCUT2D eigenvalue weighted by Gasteiger charge is 2.37. The zero-order chi connectivity index (χ0) is 36.8. The molecule has 4 fully saturated rings. The molecule has 0 saturated carbocycles. The maximum absolute atomic E-state index is 16.1. The number of piperidine rings is 2. The first-order valence-corrected chi connectivity index (χ1v) is 20.2. The van der Waals surface area contributed by atoms with Crippen LogP contribution in [0.1, 0.15) is 73.6 Å². The molecule has 4 aliphatic heterocycles. The summed E-state index contributed by atoms with van der Waals surface area (Å²) in [6.07, 6.45) is 11.2. The van der Waals surface area contributed by atoms with Gasteiger partial charge in [-0.05, 0) is 121 Å². The molecule has 3 aromatic carbocycles. The van der Waals surface area contributed by atoms with Gasteiger partial charge in [-0.3, -0.25) is 19.8 Å². The van der Waals surface area contributed by atoms with E-state index < -0.39 is 0 Å². The number of benzene rings is 3. The molecule has 5 heterocycles. The van der Waals surface area contributed by atoms with Crippen molar-refractivity contribution in [2.45, 2.75) is 63.3 Å². The van der Waals surface area contributed by atoms with Gasteiger partial charge in [0.2, 0.25) is 11.8 Å². The Morgan fingerprint density at radius 3 is 2.35 bits per heavy atom. The number of piperazine rings is 1. The summed E-state index contributed by atoms with van der Waals surface area (Å²) in [5.41, 5.74) is 5.42. The van der Waals surface area contributed by atoms with E-state index in [2.05, 4.69) is 50.3 Å². The maximum Gasteiger partial charge on any atom is 0.249 e. The van der Waals surface area contributed by atoms with E-state index in [0.29, 0.717) is 36.3 Å². The van der Waals surface area contributed by atoms with Crippen LogP contribution < -0.4 is 15.1 Å². The van der Waals surface area contributed by atoms with Crippen molar-refractivity contribution in [2.75, 3.05) is 68.8 Å². The van der Waals surface area contributed by atoms with Crippen LogP contribution >= 0.6 is 0 Å². The van der Waals surface area contributed by atoms with Gasteiger partial charge in [-0.2, -0.15) is 0 Å². The van der Waals surface area contributed by atoms with Crippen LogP contribution in [0.2, 0.25) is 0 Å². The van der Waals surface area contributed by atoms with Gasteiger partial charge in [-0.25, -0.2) is 4.39 Å². The van der Waals surface area contributed by atoms with E-state index >= 15 is 4.39 Å². The van der Waals surface area contributed by atoms with Crippen molar-refractivity contribution in [3.05, 3.63) is 89.5 Å². The number of hydrogen-bond donors (Lipinski definition) is 2. The van der Waals surface area contributed by atoms with Crippen molar-refractivity contribution in [3.63, 3.8) is 0 Å². The minimum absolute atomic E-state index is 0.121. The zero-order valence-corrected chi connectivity index (χ0v) is 31.1. The van der Waals surface area contributed by atoms with E-state index in [9.17, 15) is 14.7 Å². The summed E-state index contributed by atoms with van der Waals surface area (Å²) in [5, 5.41) is 14.9. The summed E-state index contributed by atoms with van der Waals surface area (Å²) in [7, 11) is 0. The fraction of sp³-hybridized carbons (Fsp3) is 0.500. The number of aryl methyl sites for hydroxylation is 1. The molecule has 0 bridgehead atoms. The molecule has 9 nitrogen and oxygen atoms in total. The Hall–Kier alpha value is -4.41. The molecule has 0 spiro atoms. The third kappa shape index (κ3) is 7.10. The SMILES string of the molecule is O=C1CCC(n2cc3ccc(N4CCN(CC5CCN(c6ccc([C@@H]7c8ccc(O)cc8CC[C@@H]7C7CCOCC7)cc6F)CC5)CC4)cc3c2)C(=O)N1. The minimum Gasteiger partial charge on any atom is -0.508 e. The predicted octanol–water partition coefficient (Wildman–Crippen LogP) is 6.62. The number of aromatic hydroxyl groups is 1. The lowest BCUT2D eigenvalue weighted by Gasteiger charge is -2.41. The Balaban J connectivity index is 0.797. The van der Waals surface area contributed by atoms with Gasteiger partial charge in [0.1, 0.15) is 17.6 Å². The normalized spacial score (nSPS) is 24.9. The number of ether oxygens (including phenoxy) is 1. The second-order valence-corrected chi connectivity index (χ2v) is 16.4. The Kier molecular flexibility index (Phi) is 9.82. The van der Waals surface area contributed by atoms with E-state index in [1.165, 1.54) is 16.8 Å². The fourth-order valence-electron chi connectivity index (χ4n) is 10.3. The molecular weight excluding hydrogens is 682 g/mol. The van der Waals surface area contributed by atoms with Crippen molar-refractivity contribution < 1.29 is 23.8 Å². The molecule has 1 unspecified atom stereocenters. The highest BCUT2D eigenvalue weighted by molar-refractivity contribution is 5.99. The summed E-state index contributed by atoms with van der Waals surface area (Å²) in [6.45, 7) is 8.41. The first-order valence-electron chi connectivity index (χ1n) is 20.2. The molecule has 1 aliphatic carbocycles. The van der Waals surface area contributed by atoms with E-state index in [0.717, 1.165) is 120 Å². The maximum atomic E-state index is 16.1. The second-order valence-electron chi connectivity index (χ2n) is 16.4. The average Bonchev–Trinajstić information content (AvgIpc) is 3.62. The van der Waals surface area contributed by atoms with Gasteiger partial charge >= 0.3 is 0 Å². The monoisotopic (exact) mass is 733 g/mol. The molecule has 54 heavy (non-hydrogen) atoms. The second kappa shape index (κ2) is 15.0. The van der Waals surface area contributed by atoms with Gasteiger partial charge < -0.3 is 24.2 Å². The van der Waals surface area contributed by atoms with E-state index in [4.69, 9.17) is 4.74 Å². The topological polar surface area (TPSA) is 90.3 Å². The molecule has 1 aromatic heterocycles. The Morgan fingerprint density at radius 1 is 0.778 bits per heavy atom. The number of anilines is 2. The predicted molar refractivity (Wildman–Crippen MR) is 209 cm³/mol. The molecule has 2 amide bonds. The third-order valence-corrected chi connectivity index (χ3v) is 13.3. The number of carbonyl (C=O) groups is 2. The standard InChI is InChI=1S/C44H52FN5O4/c45-39-25-32(43-37(30-13-21-54-22-14-30)6-2-31-24-36(51)5-7-38(31)43)3-8-40(39)49-15-11-29(12-16-49)26-47-17-19-48(20-18-47)35-4-1-33-27-50(28-34(33)23-35)41-9-10-42(52)46-44(41)53/h1,3-5,7-8,23-25,27-30,37,41,43,51H,2,6,9-22,26H2,(H,46,52,53)/t37-,41?,43+/m1/s1. The van der Waals surface area contributed by atoms with Crippen molar-refractivity contribution in [1.29, 1.82) is 0 Å². The molecule has 10 heteroatoms. The largest absolute Gasteiger partial charge is 0.508 e. The summed E-state index contributed by atoms with van der Waals surface area (Å²) >= 11 is 0. The fourth-order valence-corrected chi connectivity index (χ4v) is 10.3. The molecule has 3 atom stereocenters. The van der Waals surface area contributed by atoms with Gasteiger partial charge in [-0.15, -0.1) is 0 Å². The molecule has 0 radical (unpaired) electrons. The number of hydrogen-bond acceptors (Lipinski definition) is 7. The van der Waals surface area contributed by atoms with Gasteiger partial charge in [0.25, 0.3) is 0 Å². The lowest BCUT2D eigenvalue weighted by atomic mass is 9.65. The lowest BCUT2D eigenvalue weighted by Crippen LogP contribution is -2.49. The lowest BCUT2D eigenvalue weighted by molar-refractivity contribution is -0.135. The quantitative estimate of drug-likeness (QED) is 0.207. The van der Waals surface area contributed by atoms with Gasteiger partial charge in [0.05, 0.1) is 5.69 Å². The molecule has 4 aromatic rings. The van der Waals surface area contributed by atoms with E-state index in [1.54, 1.807) is 6.07 Å². The van der Waals surface area contributed by atoms with Gasteiger partial charge in [-0.1, -0.05) is 18.2 Å². The molecule has 4 saturated heterocycles. The van der Waals surface area contributed by atoms with Crippen LogP contribution in [-0.4, -0.2) is 85.4 Å². The van der Waals surface area contributed by atoms with Crippen LogP contribution in [0.25, 0.3) is 10.8 Å². The number of imide groups is 1. The number of amides is 2. The van der Waals surface area contributed by atoms with Crippen molar-refractivity contribution in [1.82, 2.24) is 14.8 Å². The van der Waals surface area contributed by atoms with Crippen LogP contribution in [0.5, 0.6) is 5.75 Å². The number of aromatic nitrogens is 1. The summed E-state index contributed by atoms with van der Waals surface area (Å²) in [6, 6.07) is 18.0. The smallest absolute Gasteiger partial charge is 0.249 e. The number of phenols is 1. The molecule has 284 valence electrons. The number of rotatable bonds is 7. The van der Waals surface area contributed by atoms with Crippen molar-refractivity contribution >= 4 is 34.0 Å². The Labute approximate surface area is 317 Å². The zero-order valence-electron chi connectivity index (χ0n) is 31.1. The number of phenolic OH excluding ortho intramolecular Hbond substituents is 1. The van der Waals surface area contributed by atoms with Crippen molar-refractivity contribution in [3.8, 4) is 5.75 Å². The molecular formula is C44H52FN5O4. The van der Waals surface area contributed by atoms with Gasteiger partial charge in [0, 0.05) is 94.8 Å². The number of fused-ring (bicyclic) bond motifs is 2. The Morgan fingerprint density at radius 2 is 1.57 bits per heavy atom. The molecule has 5 aliphatic rings. The van der Waals surface area contributed by atoms with Crippen molar-refractivity contribution in [2.24, 2.45) is 17.8 Å². The average molecular weight is 734 g/mol. The number of carbonyl (C=O) groups excluding carboxylic acids is 2.